The van der Waals surface area contributed by atoms with Gasteiger partial charge in [-0.2, -0.15) is 0 Å². The van der Waals surface area contributed by atoms with Gasteiger partial charge in [0.1, 0.15) is 24.0 Å². The van der Waals surface area contributed by atoms with Crippen LogP contribution in [0, 0.1) is 5.82 Å². The summed E-state index contributed by atoms with van der Waals surface area (Å²) in [5, 5.41) is 6.97. The molecule has 3 aliphatic rings. The number of allylic oxidation sites excluding steroid dienone is 2. The number of halogens is 2. The molecular weight excluding hydrogens is 409 g/mol. The van der Waals surface area contributed by atoms with E-state index in [0.29, 0.717) is 41.8 Å². The molecule has 7 nitrogen and oxygen atoms in total. The molecule has 1 amide bonds. The molecule has 0 radical (unpaired) electrons. The van der Waals surface area contributed by atoms with E-state index in [1.54, 1.807) is 4.90 Å². The van der Waals surface area contributed by atoms with Crippen molar-refractivity contribution < 1.29 is 13.9 Å². The maximum absolute atomic E-state index is 13.8. The van der Waals surface area contributed by atoms with Crippen LogP contribution in [0.1, 0.15) is 30.6 Å². The molecule has 1 aromatic rings. The van der Waals surface area contributed by atoms with Crippen molar-refractivity contribution in [3.8, 4) is 5.75 Å². The van der Waals surface area contributed by atoms with Crippen LogP contribution in [0.4, 0.5) is 4.39 Å². The number of carbonyl (C=O) groups is 1. The van der Waals surface area contributed by atoms with Crippen molar-refractivity contribution in [1.82, 2.24) is 15.5 Å². The fourth-order valence-corrected chi connectivity index (χ4v) is 3.77. The highest BCUT2D eigenvalue weighted by molar-refractivity contribution is 6.43. The lowest BCUT2D eigenvalue weighted by Gasteiger charge is -2.28. The Morgan fingerprint density at radius 3 is 2.87 bits per heavy atom. The number of aliphatic imine (C=N–C) groups is 1. The maximum atomic E-state index is 13.8. The van der Waals surface area contributed by atoms with Gasteiger partial charge in [0.05, 0.1) is 16.3 Å². The summed E-state index contributed by atoms with van der Waals surface area (Å²) in [5.41, 5.74) is 8.96. The minimum absolute atomic E-state index is 0.231. The van der Waals surface area contributed by atoms with E-state index >= 15 is 0 Å². The first-order valence-electron chi connectivity index (χ1n) is 9.96. The molecule has 4 N–H and O–H groups in total. The van der Waals surface area contributed by atoms with Crippen LogP contribution in [0.3, 0.4) is 0 Å². The molecule has 160 valence electrons. The molecule has 2 atom stereocenters. The van der Waals surface area contributed by atoms with Crippen LogP contribution in [0.2, 0.25) is 0 Å². The van der Waals surface area contributed by atoms with Crippen molar-refractivity contribution in [2.45, 2.75) is 32.4 Å². The Kier molecular flexibility index (Phi) is 5.81. The van der Waals surface area contributed by atoms with E-state index in [4.69, 9.17) is 22.1 Å². The Labute approximate surface area is 179 Å². The summed E-state index contributed by atoms with van der Waals surface area (Å²) in [4.78, 5) is 19.3. The lowest BCUT2D eigenvalue weighted by Crippen LogP contribution is -2.46. The van der Waals surface area contributed by atoms with Crippen molar-refractivity contribution in [1.29, 1.82) is 0 Å². The lowest BCUT2D eigenvalue weighted by molar-refractivity contribution is 0.0787. The minimum Gasteiger partial charge on any atom is -0.491 e. The minimum atomic E-state index is -0.445. The molecule has 1 unspecified atom stereocenters. The van der Waals surface area contributed by atoms with Gasteiger partial charge in [0.15, 0.2) is 0 Å². The molecule has 0 aromatic heterocycles. The highest BCUT2D eigenvalue weighted by atomic mass is 35.5. The summed E-state index contributed by atoms with van der Waals surface area (Å²) in [7, 11) is 0. The number of nitrogens with one attached hydrogen (secondary N) is 2. The number of hydrogen-bond acceptors (Lipinski definition) is 6. The van der Waals surface area contributed by atoms with E-state index in [9.17, 15) is 9.18 Å². The van der Waals surface area contributed by atoms with Gasteiger partial charge in [-0.25, -0.2) is 9.38 Å². The molecule has 0 spiro atoms. The van der Waals surface area contributed by atoms with E-state index < -0.39 is 5.82 Å². The Balaban J connectivity index is 1.54. The summed E-state index contributed by atoms with van der Waals surface area (Å²) in [6.07, 6.45) is 1.00. The summed E-state index contributed by atoms with van der Waals surface area (Å²) >= 11 is 6.20. The van der Waals surface area contributed by atoms with Gasteiger partial charge in [0.2, 0.25) is 0 Å². The molecule has 3 heterocycles. The Morgan fingerprint density at radius 1 is 1.43 bits per heavy atom. The topological polar surface area (TPSA) is 92.0 Å². The van der Waals surface area contributed by atoms with Crippen LogP contribution >= 0.6 is 11.6 Å². The van der Waals surface area contributed by atoms with Crippen molar-refractivity contribution in [2.24, 2.45) is 10.7 Å². The number of rotatable bonds is 4. The third-order valence-corrected chi connectivity index (χ3v) is 6.15. The van der Waals surface area contributed by atoms with E-state index in [1.165, 1.54) is 18.2 Å². The molecule has 9 heteroatoms. The fourth-order valence-electron chi connectivity index (χ4n) is 3.68. The number of likely N-dealkylation sites (tertiary alicyclic amines) is 1. The third kappa shape index (κ3) is 4.08. The van der Waals surface area contributed by atoms with Crippen molar-refractivity contribution in [3.63, 3.8) is 0 Å². The van der Waals surface area contributed by atoms with E-state index in [2.05, 4.69) is 15.6 Å². The van der Waals surface area contributed by atoms with Gasteiger partial charge in [-0.15, -0.1) is 0 Å². The summed E-state index contributed by atoms with van der Waals surface area (Å²) < 4.78 is 19.6. The second-order valence-electron chi connectivity index (χ2n) is 7.82. The molecule has 3 aliphatic heterocycles. The summed E-state index contributed by atoms with van der Waals surface area (Å²) in [5.74, 6) is 0.182. The van der Waals surface area contributed by atoms with Crippen LogP contribution in [0.15, 0.2) is 45.3 Å². The van der Waals surface area contributed by atoms with Crippen LogP contribution < -0.4 is 21.1 Å². The molecule has 0 saturated carbocycles. The van der Waals surface area contributed by atoms with Crippen LogP contribution in [-0.2, 0) is 0 Å². The number of nitrogens with two attached hydrogens (primary N) is 1. The number of hydrogen-bond donors (Lipinski definition) is 3. The average Bonchev–Trinajstić information content (AvgIpc) is 3.06. The van der Waals surface area contributed by atoms with Gasteiger partial charge in [-0.05, 0) is 38.9 Å². The first-order chi connectivity index (χ1) is 14.3. The number of carbonyl (C=O) groups excluding carboxylic acids is 1. The molecule has 2 fully saturated rings. The Bertz CT molecular complexity index is 970. The predicted molar refractivity (Wildman–Crippen MR) is 114 cm³/mol. The normalized spacial score (nSPS) is 26.3. The van der Waals surface area contributed by atoms with E-state index in [0.717, 1.165) is 24.2 Å². The van der Waals surface area contributed by atoms with Gasteiger partial charge in [-0.3, -0.25) is 4.79 Å². The molecule has 30 heavy (non-hydrogen) atoms. The number of ether oxygens (including phenoxy) is 1. The Hall–Kier alpha value is -2.42. The Morgan fingerprint density at radius 2 is 2.20 bits per heavy atom. The smallest absolute Gasteiger partial charge is 0.257 e. The monoisotopic (exact) mass is 433 g/mol. The molecule has 2 saturated heterocycles. The largest absolute Gasteiger partial charge is 0.491 e. The van der Waals surface area contributed by atoms with Gasteiger partial charge >= 0.3 is 0 Å². The standard InChI is InChI=1S/C21H25ClFN5O2/c1-11-19(22)12(2)27-20(26-11)16-8-28(9-17(16)24)21(29)15-4-3-13(23)7-18(15)30-10-14-5-6-25-14/h3-4,7,14,17,25-26H,5-6,8-10,24H2,1-2H3/b20-16-/t14-,17?/m1/s1. The predicted octanol–water partition coefficient (Wildman–Crippen LogP) is 2.10. The lowest BCUT2D eigenvalue weighted by atomic mass is 10.1. The summed E-state index contributed by atoms with van der Waals surface area (Å²) in [6, 6.07) is 3.86. The molecule has 1 aromatic carbocycles. The van der Waals surface area contributed by atoms with Crippen molar-refractivity contribution in [2.75, 3.05) is 26.2 Å². The number of benzene rings is 1. The second kappa shape index (κ2) is 8.37. The zero-order valence-electron chi connectivity index (χ0n) is 17.0. The maximum Gasteiger partial charge on any atom is 0.257 e. The average molecular weight is 434 g/mol. The van der Waals surface area contributed by atoms with Crippen LogP contribution in [-0.4, -0.2) is 54.8 Å². The molecule has 0 bridgehead atoms. The van der Waals surface area contributed by atoms with Crippen LogP contribution in [0.25, 0.3) is 0 Å². The van der Waals surface area contributed by atoms with Crippen molar-refractivity contribution >= 4 is 23.2 Å². The van der Waals surface area contributed by atoms with Gasteiger partial charge in [0.25, 0.3) is 5.91 Å². The second-order valence-corrected chi connectivity index (χ2v) is 8.20. The van der Waals surface area contributed by atoms with Crippen LogP contribution in [0.5, 0.6) is 5.75 Å². The SMILES string of the molecule is CC1=N/C(=C2/CN(C(=O)c3ccc(F)cc3OC[C@H]3CCN3)CC2N)NC(C)=C1Cl. The molecular formula is C21H25ClFN5O2. The quantitative estimate of drug-likeness (QED) is 0.676. The summed E-state index contributed by atoms with van der Waals surface area (Å²) in [6.45, 7) is 5.69. The number of nitrogens with zero attached hydrogens (tertiary/aromatic N) is 2. The van der Waals surface area contributed by atoms with Crippen molar-refractivity contribution in [3.05, 3.63) is 51.7 Å². The highest BCUT2D eigenvalue weighted by Gasteiger charge is 2.33. The fraction of sp³-hybridized carbons (Fsp3) is 0.429. The first kappa shape index (κ1) is 20.8. The zero-order chi connectivity index (χ0) is 21.4. The number of amides is 1. The van der Waals surface area contributed by atoms with E-state index in [1.807, 2.05) is 13.8 Å². The van der Waals surface area contributed by atoms with Gasteiger partial charge < -0.3 is 26.0 Å². The van der Waals surface area contributed by atoms with Gasteiger partial charge in [-0.1, -0.05) is 11.6 Å². The zero-order valence-corrected chi connectivity index (χ0v) is 17.7. The molecule has 0 aliphatic carbocycles. The highest BCUT2D eigenvalue weighted by Crippen LogP contribution is 2.28. The van der Waals surface area contributed by atoms with E-state index in [-0.39, 0.29) is 23.7 Å². The third-order valence-electron chi connectivity index (χ3n) is 5.59. The van der Waals surface area contributed by atoms with Gasteiger partial charge in [0, 0.05) is 42.5 Å². The molecule has 4 rings (SSSR count). The first-order valence-corrected chi connectivity index (χ1v) is 10.3.